The molecule has 0 bridgehead atoms. The molecular formula is C23H21Cl2N3O3S. The number of halogens is 2. The van der Waals surface area contributed by atoms with Crippen LogP contribution in [0.4, 0.5) is 0 Å². The largest absolute Gasteiger partial charge is 0.489 e. The summed E-state index contributed by atoms with van der Waals surface area (Å²) in [7, 11) is 0. The number of hydrogen-bond donors (Lipinski definition) is 0. The molecule has 32 heavy (non-hydrogen) atoms. The number of thiazole rings is 1. The van der Waals surface area contributed by atoms with Crippen molar-refractivity contribution in [3.63, 3.8) is 0 Å². The van der Waals surface area contributed by atoms with Crippen LogP contribution in [0.3, 0.4) is 0 Å². The monoisotopic (exact) mass is 489 g/mol. The quantitative estimate of drug-likeness (QED) is 0.505. The highest BCUT2D eigenvalue weighted by Crippen LogP contribution is 2.33. The molecule has 1 aliphatic rings. The fourth-order valence-electron chi connectivity index (χ4n) is 3.39. The van der Waals surface area contributed by atoms with Crippen LogP contribution in [0.2, 0.25) is 10.0 Å². The molecule has 0 saturated carbocycles. The van der Waals surface area contributed by atoms with Crippen LogP contribution in [0, 0.1) is 0 Å². The van der Waals surface area contributed by atoms with Gasteiger partial charge in [-0.3, -0.25) is 9.59 Å². The van der Waals surface area contributed by atoms with Crippen molar-refractivity contribution in [3.05, 3.63) is 69.1 Å². The van der Waals surface area contributed by atoms with E-state index in [2.05, 4.69) is 4.98 Å². The minimum atomic E-state index is -0.130. The van der Waals surface area contributed by atoms with Crippen molar-refractivity contribution in [3.8, 4) is 16.3 Å². The molecule has 2 heterocycles. The van der Waals surface area contributed by atoms with Crippen molar-refractivity contribution in [1.29, 1.82) is 0 Å². The molecule has 1 aliphatic heterocycles. The van der Waals surface area contributed by atoms with E-state index in [0.717, 1.165) is 11.1 Å². The first-order chi connectivity index (χ1) is 15.4. The summed E-state index contributed by atoms with van der Waals surface area (Å²) in [6, 6.07) is 12.9. The Kier molecular flexibility index (Phi) is 6.98. The number of benzene rings is 2. The molecule has 0 aliphatic carbocycles. The van der Waals surface area contributed by atoms with E-state index in [1.165, 1.54) is 11.3 Å². The third-order valence-electron chi connectivity index (χ3n) is 5.23. The van der Waals surface area contributed by atoms with Gasteiger partial charge in [0.1, 0.15) is 23.1 Å². The lowest BCUT2D eigenvalue weighted by Crippen LogP contribution is -2.50. The number of aromatic nitrogens is 1. The molecule has 0 atom stereocenters. The fourth-order valence-corrected chi connectivity index (χ4v) is 4.66. The molecule has 1 aromatic heterocycles. The first-order valence-corrected chi connectivity index (χ1v) is 11.7. The molecule has 4 rings (SSSR count). The van der Waals surface area contributed by atoms with Gasteiger partial charge in [0.2, 0.25) is 5.91 Å². The number of nitrogens with zero attached hydrogens (tertiary/aromatic N) is 3. The average Bonchev–Trinajstić information content (AvgIpc) is 3.28. The SMILES string of the molecule is CC(=O)N1CCN(C(=O)c2csc(-c3ccc(OCc4ccc(Cl)cc4)cc3Cl)n2)CC1. The molecule has 1 saturated heterocycles. The molecule has 6 nitrogen and oxygen atoms in total. The normalized spacial score (nSPS) is 13.8. The zero-order valence-electron chi connectivity index (χ0n) is 17.4. The van der Waals surface area contributed by atoms with Crippen LogP contribution in [-0.2, 0) is 11.4 Å². The summed E-state index contributed by atoms with van der Waals surface area (Å²) in [6.45, 7) is 4.04. The predicted octanol–water partition coefficient (Wildman–Crippen LogP) is 5.00. The number of rotatable bonds is 5. The standard InChI is InChI=1S/C23H21Cl2N3O3S/c1-15(29)27-8-10-28(11-9-27)23(30)21-14-32-22(26-21)19-7-6-18(12-20(19)25)31-13-16-2-4-17(24)5-3-16/h2-7,12,14H,8-11,13H2,1H3. The molecule has 166 valence electrons. The van der Waals surface area contributed by atoms with Crippen molar-refractivity contribution in [2.45, 2.75) is 13.5 Å². The van der Waals surface area contributed by atoms with Gasteiger partial charge in [0, 0.05) is 49.1 Å². The van der Waals surface area contributed by atoms with Crippen molar-refractivity contribution < 1.29 is 14.3 Å². The molecule has 0 unspecified atom stereocenters. The van der Waals surface area contributed by atoms with Crippen LogP contribution in [0.25, 0.3) is 10.6 Å². The van der Waals surface area contributed by atoms with Crippen molar-refractivity contribution >= 4 is 46.4 Å². The lowest BCUT2D eigenvalue weighted by molar-refractivity contribution is -0.130. The molecule has 0 radical (unpaired) electrons. The number of ether oxygens (including phenoxy) is 1. The van der Waals surface area contributed by atoms with Crippen molar-refractivity contribution in [2.75, 3.05) is 26.2 Å². The highest BCUT2D eigenvalue weighted by atomic mass is 35.5. The first-order valence-electron chi connectivity index (χ1n) is 10.1. The van der Waals surface area contributed by atoms with Gasteiger partial charge in [0.05, 0.1) is 5.02 Å². The van der Waals surface area contributed by atoms with E-state index >= 15 is 0 Å². The molecule has 2 aromatic carbocycles. The van der Waals surface area contributed by atoms with E-state index in [1.807, 2.05) is 36.4 Å². The number of carbonyl (C=O) groups is 2. The minimum absolute atomic E-state index is 0.0308. The Morgan fingerprint density at radius 1 is 1.03 bits per heavy atom. The predicted molar refractivity (Wildman–Crippen MR) is 127 cm³/mol. The van der Waals surface area contributed by atoms with Crippen LogP contribution >= 0.6 is 34.5 Å². The van der Waals surface area contributed by atoms with Gasteiger partial charge in [-0.25, -0.2) is 4.98 Å². The molecule has 2 amide bonds. The Labute approximate surface area is 200 Å². The third kappa shape index (κ3) is 5.23. The topological polar surface area (TPSA) is 62.7 Å². The van der Waals surface area contributed by atoms with Crippen LogP contribution < -0.4 is 4.74 Å². The second kappa shape index (κ2) is 9.90. The number of amides is 2. The zero-order chi connectivity index (χ0) is 22.7. The Morgan fingerprint density at radius 2 is 1.72 bits per heavy atom. The number of hydrogen-bond acceptors (Lipinski definition) is 5. The van der Waals surface area contributed by atoms with Gasteiger partial charge in [-0.1, -0.05) is 35.3 Å². The maximum Gasteiger partial charge on any atom is 0.273 e. The van der Waals surface area contributed by atoms with Gasteiger partial charge in [0.25, 0.3) is 5.91 Å². The second-order valence-electron chi connectivity index (χ2n) is 7.39. The smallest absolute Gasteiger partial charge is 0.273 e. The van der Waals surface area contributed by atoms with Gasteiger partial charge in [-0.05, 0) is 35.9 Å². The maximum atomic E-state index is 12.8. The van der Waals surface area contributed by atoms with E-state index in [-0.39, 0.29) is 11.8 Å². The van der Waals surface area contributed by atoms with E-state index in [0.29, 0.717) is 59.3 Å². The molecule has 9 heteroatoms. The Morgan fingerprint density at radius 3 is 2.38 bits per heavy atom. The molecule has 0 N–H and O–H groups in total. The Bertz CT molecular complexity index is 1130. The number of carbonyl (C=O) groups excluding carboxylic acids is 2. The fraction of sp³-hybridized carbons (Fsp3) is 0.261. The van der Waals surface area contributed by atoms with Gasteiger partial charge in [0.15, 0.2) is 0 Å². The summed E-state index contributed by atoms with van der Waals surface area (Å²) in [5.41, 5.74) is 2.14. The van der Waals surface area contributed by atoms with Gasteiger partial charge >= 0.3 is 0 Å². The highest BCUT2D eigenvalue weighted by Gasteiger charge is 2.25. The lowest BCUT2D eigenvalue weighted by Gasteiger charge is -2.33. The number of piperazine rings is 1. The molecule has 1 fully saturated rings. The van der Waals surface area contributed by atoms with Crippen molar-refractivity contribution in [2.24, 2.45) is 0 Å². The van der Waals surface area contributed by atoms with E-state index in [4.69, 9.17) is 27.9 Å². The van der Waals surface area contributed by atoms with Crippen molar-refractivity contribution in [1.82, 2.24) is 14.8 Å². The summed E-state index contributed by atoms with van der Waals surface area (Å²) in [4.78, 5) is 32.3. The Hall–Kier alpha value is -2.61. The maximum absolute atomic E-state index is 12.8. The van der Waals surface area contributed by atoms with Crippen LogP contribution in [0.5, 0.6) is 5.75 Å². The van der Waals surface area contributed by atoms with Gasteiger partial charge in [-0.2, -0.15) is 0 Å². The summed E-state index contributed by atoms with van der Waals surface area (Å²) in [6.07, 6.45) is 0. The van der Waals surface area contributed by atoms with E-state index in [9.17, 15) is 9.59 Å². The third-order valence-corrected chi connectivity index (χ3v) is 6.67. The Balaban J connectivity index is 1.40. The van der Waals surface area contributed by atoms with Crippen LogP contribution in [-0.4, -0.2) is 52.8 Å². The van der Waals surface area contributed by atoms with E-state index in [1.54, 1.807) is 28.2 Å². The summed E-state index contributed by atoms with van der Waals surface area (Å²) < 4.78 is 5.82. The average molecular weight is 490 g/mol. The second-order valence-corrected chi connectivity index (χ2v) is 9.09. The highest BCUT2D eigenvalue weighted by molar-refractivity contribution is 7.13. The lowest BCUT2D eigenvalue weighted by atomic mass is 10.2. The van der Waals surface area contributed by atoms with Gasteiger partial charge < -0.3 is 14.5 Å². The molecular weight excluding hydrogens is 469 g/mol. The minimum Gasteiger partial charge on any atom is -0.489 e. The summed E-state index contributed by atoms with van der Waals surface area (Å²) in [5.74, 6) is 0.544. The summed E-state index contributed by atoms with van der Waals surface area (Å²) in [5, 5.41) is 3.60. The van der Waals surface area contributed by atoms with Gasteiger partial charge in [-0.15, -0.1) is 11.3 Å². The van der Waals surface area contributed by atoms with E-state index < -0.39 is 0 Å². The first kappa shape index (κ1) is 22.6. The summed E-state index contributed by atoms with van der Waals surface area (Å²) >= 11 is 13.8. The molecule has 0 spiro atoms. The molecule has 3 aromatic rings. The zero-order valence-corrected chi connectivity index (χ0v) is 19.7. The van der Waals surface area contributed by atoms with Crippen LogP contribution in [0.15, 0.2) is 47.8 Å². The van der Waals surface area contributed by atoms with Crippen LogP contribution in [0.1, 0.15) is 23.0 Å².